The molecule has 0 aromatic rings. The first-order chi connectivity index (χ1) is 5.25. The van der Waals surface area contributed by atoms with Gasteiger partial charge in [-0.15, -0.1) is 0 Å². The van der Waals surface area contributed by atoms with Crippen LogP contribution in [-0.4, -0.2) is 28.9 Å². The molecule has 1 amide bonds. The Morgan fingerprint density at radius 2 is 1.92 bits per heavy atom. The minimum atomic E-state index is -5.00. The van der Waals surface area contributed by atoms with E-state index in [1.165, 1.54) is 0 Å². The monoisotopic (exact) mass is 185 g/mol. The molecule has 0 fully saturated rings. The minimum absolute atomic E-state index is 0.207. The van der Waals surface area contributed by atoms with E-state index in [4.69, 9.17) is 5.21 Å². The topological polar surface area (TPSA) is 40.5 Å². The van der Waals surface area contributed by atoms with Crippen molar-refractivity contribution in [3.63, 3.8) is 0 Å². The van der Waals surface area contributed by atoms with E-state index in [2.05, 4.69) is 0 Å². The molecule has 0 aromatic heterocycles. The highest BCUT2D eigenvalue weighted by Gasteiger charge is 2.42. The van der Waals surface area contributed by atoms with Crippen LogP contribution in [0.5, 0.6) is 0 Å². The number of hydroxylamine groups is 2. The van der Waals surface area contributed by atoms with Crippen molar-refractivity contribution in [1.82, 2.24) is 5.06 Å². The number of carbonyl (C=O) groups is 1. The number of hydrogen-bond donors (Lipinski definition) is 1. The number of nitrogens with zero attached hydrogens (tertiary/aromatic N) is 1. The molecule has 12 heavy (non-hydrogen) atoms. The van der Waals surface area contributed by atoms with E-state index in [0.29, 0.717) is 0 Å². The van der Waals surface area contributed by atoms with Crippen LogP contribution in [0.1, 0.15) is 13.8 Å². The smallest absolute Gasteiger partial charge is 0.286 e. The minimum Gasteiger partial charge on any atom is -0.286 e. The first-order valence-corrected chi connectivity index (χ1v) is 3.32. The summed E-state index contributed by atoms with van der Waals surface area (Å²) in [5.41, 5.74) is 0. The van der Waals surface area contributed by atoms with Gasteiger partial charge in [0.05, 0.1) is 6.54 Å². The lowest BCUT2D eigenvalue weighted by molar-refractivity contribution is -0.217. The Bertz CT molecular complexity index is 167. The van der Waals surface area contributed by atoms with E-state index in [1.54, 1.807) is 13.8 Å². The van der Waals surface area contributed by atoms with Crippen LogP contribution in [0, 0.1) is 5.92 Å². The summed E-state index contributed by atoms with van der Waals surface area (Å²) in [5.74, 6) is -2.43. The molecule has 0 saturated carbocycles. The number of rotatable bonds is 2. The molecular formula is C6H10F3NO2. The number of carbonyl (C=O) groups excluding carboxylic acids is 1. The summed E-state index contributed by atoms with van der Waals surface area (Å²) in [4.78, 5) is 10.3. The zero-order chi connectivity index (χ0) is 9.94. The molecule has 0 aliphatic heterocycles. The maximum atomic E-state index is 11.6. The largest absolute Gasteiger partial charge is 0.473 e. The zero-order valence-electron chi connectivity index (χ0n) is 6.72. The molecule has 0 aliphatic rings. The van der Waals surface area contributed by atoms with Crippen molar-refractivity contribution in [1.29, 1.82) is 0 Å². The number of hydrogen-bond acceptors (Lipinski definition) is 2. The second-order valence-electron chi connectivity index (χ2n) is 2.78. The quantitative estimate of drug-likeness (QED) is 0.522. The summed E-state index contributed by atoms with van der Waals surface area (Å²) < 4.78 is 34.8. The lowest BCUT2D eigenvalue weighted by Gasteiger charge is -2.17. The predicted octanol–water partition coefficient (Wildman–Crippen LogP) is 1.42. The highest BCUT2D eigenvalue weighted by atomic mass is 19.4. The summed E-state index contributed by atoms with van der Waals surface area (Å²) in [6.07, 6.45) is -5.00. The SMILES string of the molecule is CC(C)CN(O)C(=O)C(F)(F)F. The summed E-state index contributed by atoms with van der Waals surface area (Å²) in [6, 6.07) is 0. The third-order valence-electron chi connectivity index (χ3n) is 1.02. The fraction of sp³-hybridized carbons (Fsp3) is 0.833. The van der Waals surface area contributed by atoms with E-state index in [1.807, 2.05) is 0 Å². The maximum Gasteiger partial charge on any atom is 0.473 e. The van der Waals surface area contributed by atoms with Crippen LogP contribution in [0.25, 0.3) is 0 Å². The van der Waals surface area contributed by atoms with Crippen molar-refractivity contribution < 1.29 is 23.2 Å². The lowest BCUT2D eigenvalue weighted by Crippen LogP contribution is -2.40. The molecule has 6 heteroatoms. The van der Waals surface area contributed by atoms with Crippen LogP contribution < -0.4 is 0 Å². The van der Waals surface area contributed by atoms with Gasteiger partial charge in [-0.1, -0.05) is 13.8 Å². The van der Waals surface area contributed by atoms with E-state index < -0.39 is 12.1 Å². The highest BCUT2D eigenvalue weighted by Crippen LogP contribution is 2.17. The van der Waals surface area contributed by atoms with E-state index in [9.17, 15) is 18.0 Å². The van der Waals surface area contributed by atoms with Gasteiger partial charge in [0.1, 0.15) is 0 Å². The molecule has 0 unspecified atom stereocenters. The van der Waals surface area contributed by atoms with E-state index in [-0.39, 0.29) is 17.5 Å². The first kappa shape index (κ1) is 11.2. The first-order valence-electron chi connectivity index (χ1n) is 3.32. The molecule has 0 aromatic carbocycles. The third-order valence-corrected chi connectivity index (χ3v) is 1.02. The van der Waals surface area contributed by atoms with Crippen molar-refractivity contribution >= 4 is 5.91 Å². The van der Waals surface area contributed by atoms with E-state index >= 15 is 0 Å². The highest BCUT2D eigenvalue weighted by molar-refractivity contribution is 5.80. The summed E-state index contributed by atoms with van der Waals surface area (Å²) in [7, 11) is 0. The molecule has 0 aliphatic carbocycles. The van der Waals surface area contributed by atoms with Gasteiger partial charge in [0.2, 0.25) is 0 Å². The van der Waals surface area contributed by atoms with Gasteiger partial charge in [-0.05, 0) is 5.92 Å². The summed E-state index contributed by atoms with van der Waals surface area (Å²) in [5, 5.41) is 8.27. The third kappa shape index (κ3) is 3.56. The van der Waals surface area contributed by atoms with Gasteiger partial charge in [-0.2, -0.15) is 13.2 Å². The van der Waals surface area contributed by atoms with Gasteiger partial charge in [0, 0.05) is 0 Å². The van der Waals surface area contributed by atoms with Crippen LogP contribution in [0.3, 0.4) is 0 Å². The molecule has 0 spiro atoms. The van der Waals surface area contributed by atoms with Crippen LogP contribution in [0.4, 0.5) is 13.2 Å². The number of halogens is 3. The molecule has 72 valence electrons. The molecule has 0 radical (unpaired) electrons. The molecule has 3 nitrogen and oxygen atoms in total. The second kappa shape index (κ2) is 3.75. The van der Waals surface area contributed by atoms with Crippen LogP contribution >= 0.6 is 0 Å². The Balaban J connectivity index is 4.12. The molecule has 1 N–H and O–H groups in total. The molecule has 0 rings (SSSR count). The maximum absolute atomic E-state index is 11.6. The van der Waals surface area contributed by atoms with Gasteiger partial charge in [0.15, 0.2) is 0 Å². The fourth-order valence-corrected chi connectivity index (χ4v) is 0.575. The number of alkyl halides is 3. The van der Waals surface area contributed by atoms with Crippen molar-refractivity contribution in [2.45, 2.75) is 20.0 Å². The van der Waals surface area contributed by atoms with Gasteiger partial charge in [-0.3, -0.25) is 10.0 Å². The zero-order valence-corrected chi connectivity index (χ0v) is 6.72. The summed E-state index contributed by atoms with van der Waals surface area (Å²) in [6.45, 7) is 2.86. The Morgan fingerprint density at radius 1 is 1.50 bits per heavy atom. The van der Waals surface area contributed by atoms with E-state index in [0.717, 1.165) is 0 Å². The summed E-state index contributed by atoms with van der Waals surface area (Å²) >= 11 is 0. The Kier molecular flexibility index (Phi) is 3.51. The molecule has 0 heterocycles. The molecule has 0 saturated heterocycles. The van der Waals surface area contributed by atoms with Crippen LogP contribution in [-0.2, 0) is 4.79 Å². The van der Waals surface area contributed by atoms with Gasteiger partial charge in [0.25, 0.3) is 0 Å². The standard InChI is InChI=1S/C6H10F3NO2/c1-4(2)3-10(12)5(11)6(7,8)9/h4,12H,3H2,1-2H3. The van der Waals surface area contributed by atoms with Crippen molar-refractivity contribution in [2.24, 2.45) is 5.92 Å². The second-order valence-corrected chi connectivity index (χ2v) is 2.78. The Morgan fingerprint density at radius 3 is 2.17 bits per heavy atom. The van der Waals surface area contributed by atoms with Crippen molar-refractivity contribution in [3.8, 4) is 0 Å². The van der Waals surface area contributed by atoms with Crippen LogP contribution in [0.2, 0.25) is 0 Å². The van der Waals surface area contributed by atoms with Gasteiger partial charge in [-0.25, -0.2) is 5.06 Å². The molecule has 0 bridgehead atoms. The van der Waals surface area contributed by atoms with Crippen LogP contribution in [0.15, 0.2) is 0 Å². The van der Waals surface area contributed by atoms with Crippen molar-refractivity contribution in [3.05, 3.63) is 0 Å². The predicted molar refractivity (Wildman–Crippen MR) is 34.4 cm³/mol. The fourth-order valence-electron chi connectivity index (χ4n) is 0.575. The van der Waals surface area contributed by atoms with Crippen molar-refractivity contribution in [2.75, 3.05) is 6.54 Å². The van der Waals surface area contributed by atoms with Gasteiger partial charge >= 0.3 is 12.1 Å². The molecular weight excluding hydrogens is 175 g/mol. The number of amides is 1. The Hall–Kier alpha value is -0.780. The van der Waals surface area contributed by atoms with Gasteiger partial charge < -0.3 is 0 Å². The average Bonchev–Trinajstić information content (AvgIpc) is 1.82. The molecule has 0 atom stereocenters. The Labute approximate surface area is 67.7 Å². The lowest BCUT2D eigenvalue weighted by atomic mass is 10.2. The average molecular weight is 185 g/mol. The normalized spacial score (nSPS) is 11.9.